The molecule has 116 valence electrons. The lowest BCUT2D eigenvalue weighted by molar-refractivity contribution is 0.394. The van der Waals surface area contributed by atoms with Crippen LogP contribution in [0.3, 0.4) is 0 Å². The van der Waals surface area contributed by atoms with Gasteiger partial charge in [-0.25, -0.2) is 8.78 Å². The molecule has 3 nitrogen and oxygen atoms in total. The van der Waals surface area contributed by atoms with Crippen LogP contribution < -0.4 is 10.9 Å². The van der Waals surface area contributed by atoms with Crippen molar-refractivity contribution in [2.75, 3.05) is 0 Å². The van der Waals surface area contributed by atoms with Gasteiger partial charge in [0.1, 0.15) is 0 Å². The van der Waals surface area contributed by atoms with Crippen LogP contribution in [0.25, 0.3) is 0 Å². The number of nitrogens with zero attached hydrogens (tertiary/aromatic N) is 2. The van der Waals surface area contributed by atoms with E-state index in [4.69, 9.17) is 0 Å². The van der Waals surface area contributed by atoms with Gasteiger partial charge < -0.3 is 0 Å². The van der Waals surface area contributed by atoms with Gasteiger partial charge in [-0.05, 0) is 0 Å². The maximum Gasteiger partial charge on any atom is 0.462 e. The molecule has 0 aliphatic rings. The fourth-order valence-electron chi connectivity index (χ4n) is 1.32. The molecule has 0 N–H and O–H groups in total. The van der Waals surface area contributed by atoms with Crippen molar-refractivity contribution < 1.29 is 39.7 Å². The third kappa shape index (κ3) is 2.41. The van der Waals surface area contributed by atoms with Gasteiger partial charge in [-0.3, -0.25) is 0 Å². The second-order valence-corrected chi connectivity index (χ2v) is 5.07. The van der Waals surface area contributed by atoms with Gasteiger partial charge in [-0.15, -0.1) is 0 Å². The van der Waals surface area contributed by atoms with Crippen molar-refractivity contribution in [3.8, 4) is 0 Å². The summed E-state index contributed by atoms with van der Waals surface area (Å²) in [6.07, 6.45) is 0. The Morgan fingerprint density at radius 3 is 1.18 bits per heavy atom. The molecule has 2 aromatic rings. The molecule has 0 unspecified atom stereocenters. The molecular weight excluding hydrogens is 347 g/mol. The molecule has 0 aromatic carbocycles. The zero-order valence-corrected chi connectivity index (χ0v) is 10.7. The second-order valence-electron chi connectivity index (χ2n) is 3.63. The first-order chi connectivity index (χ1) is 10.2. The molecule has 0 fully saturated rings. The standard InChI is InChI=1S/C10F8N2OP/c11-1-3(13)7(17)19-9(5(1)15)22(21)10-6(16)2(12)4(14)8(18)20-10/q+1. The van der Waals surface area contributed by atoms with E-state index in [2.05, 4.69) is 9.97 Å². The van der Waals surface area contributed by atoms with E-state index in [1.54, 1.807) is 0 Å². The van der Waals surface area contributed by atoms with E-state index in [1.165, 1.54) is 0 Å². The van der Waals surface area contributed by atoms with Crippen molar-refractivity contribution in [3.05, 3.63) is 46.8 Å². The molecular formula is C10F8N2OP+. The highest BCUT2D eigenvalue weighted by Gasteiger charge is 2.41. The average Bonchev–Trinajstić information content (AvgIpc) is 2.49. The van der Waals surface area contributed by atoms with Crippen molar-refractivity contribution in [3.63, 3.8) is 0 Å². The minimum atomic E-state index is -3.82. The summed E-state index contributed by atoms with van der Waals surface area (Å²) in [5.74, 6) is -18.5. The van der Waals surface area contributed by atoms with Crippen molar-refractivity contribution in [2.24, 2.45) is 0 Å². The molecule has 0 bridgehead atoms. The zero-order valence-electron chi connectivity index (χ0n) is 9.77. The fourth-order valence-corrected chi connectivity index (χ4v) is 2.43. The first-order valence-electron chi connectivity index (χ1n) is 5.04. The lowest BCUT2D eigenvalue weighted by atomic mass is 10.4. The SMILES string of the molecule is O=[P+](c1nc(F)c(F)c(F)c1F)c1nc(F)c(F)c(F)c1F. The lowest BCUT2D eigenvalue weighted by Gasteiger charge is -1.99. The van der Waals surface area contributed by atoms with Crippen molar-refractivity contribution in [2.45, 2.75) is 0 Å². The van der Waals surface area contributed by atoms with E-state index < -0.39 is 65.5 Å². The van der Waals surface area contributed by atoms with Crippen LogP contribution in [-0.4, -0.2) is 9.97 Å². The Morgan fingerprint density at radius 1 is 0.545 bits per heavy atom. The first-order valence-corrected chi connectivity index (χ1v) is 6.30. The van der Waals surface area contributed by atoms with Crippen LogP contribution in [0, 0.1) is 46.8 Å². The Hall–Kier alpha value is -2.16. The van der Waals surface area contributed by atoms with Crippen LogP contribution in [0.5, 0.6) is 0 Å². The summed E-state index contributed by atoms with van der Waals surface area (Å²) < 4.78 is 116. The number of halogens is 8. The summed E-state index contributed by atoms with van der Waals surface area (Å²) >= 11 is 0. The van der Waals surface area contributed by atoms with Crippen LogP contribution in [0.1, 0.15) is 0 Å². The van der Waals surface area contributed by atoms with Gasteiger partial charge in [0.2, 0.25) is 34.9 Å². The van der Waals surface area contributed by atoms with Crippen molar-refractivity contribution >= 4 is 18.7 Å². The Morgan fingerprint density at radius 2 is 0.864 bits per heavy atom. The van der Waals surface area contributed by atoms with Crippen LogP contribution >= 0.6 is 7.80 Å². The van der Waals surface area contributed by atoms with E-state index in [-0.39, 0.29) is 0 Å². The summed E-state index contributed by atoms with van der Waals surface area (Å²) in [6.45, 7) is 0. The number of aromatic nitrogens is 2. The van der Waals surface area contributed by atoms with E-state index in [1.807, 2.05) is 0 Å². The Bertz CT molecular complexity index is 747. The van der Waals surface area contributed by atoms with Gasteiger partial charge in [0.15, 0.2) is 0 Å². The van der Waals surface area contributed by atoms with Gasteiger partial charge in [0.25, 0.3) is 11.9 Å². The number of hydrogen-bond acceptors (Lipinski definition) is 3. The quantitative estimate of drug-likeness (QED) is 0.476. The molecule has 0 aliphatic carbocycles. The third-order valence-corrected chi connectivity index (χ3v) is 3.68. The van der Waals surface area contributed by atoms with Gasteiger partial charge >= 0.3 is 18.7 Å². The maximum absolute atomic E-state index is 13.4. The number of rotatable bonds is 2. The first kappa shape index (κ1) is 16.2. The molecule has 0 spiro atoms. The molecule has 0 amide bonds. The molecule has 0 atom stereocenters. The predicted molar refractivity (Wildman–Crippen MR) is 55.0 cm³/mol. The highest BCUT2D eigenvalue weighted by Crippen LogP contribution is 2.25. The summed E-state index contributed by atoms with van der Waals surface area (Å²) in [6, 6.07) is 0. The Kier molecular flexibility index (Phi) is 4.10. The topological polar surface area (TPSA) is 42.9 Å². The largest absolute Gasteiger partial charge is 0.462 e. The molecule has 0 saturated heterocycles. The average molecular weight is 347 g/mol. The van der Waals surface area contributed by atoms with Crippen LogP contribution in [0.2, 0.25) is 0 Å². The van der Waals surface area contributed by atoms with Crippen LogP contribution in [0.15, 0.2) is 0 Å². The number of hydrogen-bond donors (Lipinski definition) is 0. The molecule has 2 heterocycles. The van der Waals surface area contributed by atoms with E-state index in [9.17, 15) is 39.7 Å². The molecule has 2 rings (SSSR count). The lowest BCUT2D eigenvalue weighted by Crippen LogP contribution is -2.25. The molecule has 2 aromatic heterocycles. The van der Waals surface area contributed by atoms with E-state index in [0.29, 0.717) is 0 Å². The highest BCUT2D eigenvalue weighted by atomic mass is 31.1. The Labute approximate surface area is 116 Å². The highest BCUT2D eigenvalue weighted by molar-refractivity contribution is 7.61. The van der Waals surface area contributed by atoms with Crippen molar-refractivity contribution in [1.29, 1.82) is 0 Å². The van der Waals surface area contributed by atoms with E-state index >= 15 is 0 Å². The smallest absolute Gasteiger partial charge is 0.200 e. The zero-order chi connectivity index (χ0) is 16.8. The number of pyridine rings is 2. The van der Waals surface area contributed by atoms with Crippen molar-refractivity contribution in [1.82, 2.24) is 9.97 Å². The molecule has 0 saturated carbocycles. The van der Waals surface area contributed by atoms with Gasteiger partial charge in [-0.1, -0.05) is 4.57 Å². The van der Waals surface area contributed by atoms with Crippen LogP contribution in [-0.2, 0) is 4.57 Å². The van der Waals surface area contributed by atoms with E-state index in [0.717, 1.165) is 0 Å². The summed E-state index contributed by atoms with van der Waals surface area (Å²) in [5, 5.41) is 0. The van der Waals surface area contributed by atoms with Gasteiger partial charge in [0.05, 0.1) is 0 Å². The van der Waals surface area contributed by atoms with Crippen LogP contribution in [0.4, 0.5) is 35.1 Å². The minimum Gasteiger partial charge on any atom is -0.200 e. The third-order valence-electron chi connectivity index (χ3n) is 2.32. The molecule has 22 heavy (non-hydrogen) atoms. The summed E-state index contributed by atoms with van der Waals surface area (Å²) in [4.78, 5) is 4.89. The monoisotopic (exact) mass is 347 g/mol. The normalized spacial score (nSPS) is 10.9. The predicted octanol–water partition coefficient (Wildman–Crippen LogP) is 2.37. The maximum atomic E-state index is 13.4. The fraction of sp³-hybridized carbons (Fsp3) is 0. The summed E-state index contributed by atoms with van der Waals surface area (Å²) in [5.41, 5.74) is -3.36. The Balaban J connectivity index is 2.69. The molecule has 0 aliphatic heterocycles. The minimum absolute atomic E-state index is 1.68. The molecule has 0 radical (unpaired) electrons. The van der Waals surface area contributed by atoms with Gasteiger partial charge in [-0.2, -0.15) is 36.3 Å². The molecule has 12 heteroatoms. The van der Waals surface area contributed by atoms with Gasteiger partial charge in [0, 0.05) is 0 Å². The second kappa shape index (κ2) is 5.56. The summed E-state index contributed by atoms with van der Waals surface area (Å²) in [7, 11) is -3.82.